The van der Waals surface area contributed by atoms with Gasteiger partial charge in [-0.15, -0.1) is 0 Å². The highest BCUT2D eigenvalue weighted by atomic mass is 14.3. The molecular weight excluding hydrogens is 122 g/mol. The molecule has 0 saturated heterocycles. The quantitative estimate of drug-likeness (QED) is 0.545. The van der Waals surface area contributed by atoms with E-state index in [1.807, 2.05) is 0 Å². The molecule has 0 bridgehead atoms. The smallest absolute Gasteiger partial charge is 0.0655 e. The van der Waals surface area contributed by atoms with Crippen LogP contribution in [0.2, 0.25) is 0 Å². The van der Waals surface area contributed by atoms with Crippen molar-refractivity contribution >= 4 is 0 Å². The summed E-state index contributed by atoms with van der Waals surface area (Å²) in [7, 11) is 0. The van der Waals surface area contributed by atoms with Gasteiger partial charge in [0.1, 0.15) is 0 Å². The zero-order valence-electron chi connectivity index (χ0n) is 6.64. The first kappa shape index (κ1) is 7.60. The maximum absolute atomic E-state index is 8.65. The first-order valence-corrected chi connectivity index (χ1v) is 4.26. The Labute approximate surface area is 63.0 Å². The molecule has 0 radical (unpaired) electrons. The van der Waals surface area contributed by atoms with Crippen molar-refractivity contribution < 1.29 is 0 Å². The Bertz CT molecular complexity index is 134. The lowest BCUT2D eigenvalue weighted by atomic mass is 9.81. The average molecular weight is 137 g/mol. The Morgan fingerprint density at radius 3 is 2.90 bits per heavy atom. The second kappa shape index (κ2) is 3.61. The minimum absolute atomic E-state index is 0.374. The molecule has 1 saturated carbocycles. The topological polar surface area (TPSA) is 23.8 Å². The van der Waals surface area contributed by atoms with Crippen LogP contribution in [0.25, 0.3) is 0 Å². The molecule has 56 valence electrons. The van der Waals surface area contributed by atoms with Gasteiger partial charge in [-0.1, -0.05) is 26.2 Å². The van der Waals surface area contributed by atoms with E-state index in [4.69, 9.17) is 5.26 Å². The third-order valence-electron chi connectivity index (χ3n) is 2.54. The molecule has 1 nitrogen and oxygen atoms in total. The molecule has 1 rings (SSSR count). The van der Waals surface area contributed by atoms with E-state index in [9.17, 15) is 0 Å². The SMILES string of the molecule is CC[C@@H]1CCC[C@H](C#N)C1. The van der Waals surface area contributed by atoms with Crippen LogP contribution in [-0.2, 0) is 0 Å². The first-order valence-electron chi connectivity index (χ1n) is 4.26. The second-order valence-corrected chi connectivity index (χ2v) is 3.27. The van der Waals surface area contributed by atoms with Gasteiger partial charge in [-0.25, -0.2) is 0 Å². The first-order chi connectivity index (χ1) is 4.86. The Morgan fingerprint density at radius 2 is 2.30 bits per heavy atom. The van der Waals surface area contributed by atoms with Crippen LogP contribution >= 0.6 is 0 Å². The minimum Gasteiger partial charge on any atom is -0.198 e. The summed E-state index contributed by atoms with van der Waals surface area (Å²) in [5.41, 5.74) is 0. The van der Waals surface area contributed by atoms with Crippen LogP contribution in [0, 0.1) is 23.2 Å². The fraction of sp³-hybridized carbons (Fsp3) is 0.889. The highest BCUT2D eigenvalue weighted by Gasteiger charge is 2.19. The maximum atomic E-state index is 8.65. The van der Waals surface area contributed by atoms with Crippen LogP contribution in [0.3, 0.4) is 0 Å². The third kappa shape index (κ3) is 1.73. The highest BCUT2D eigenvalue weighted by Crippen LogP contribution is 2.30. The molecule has 0 amide bonds. The lowest BCUT2D eigenvalue weighted by Gasteiger charge is -2.23. The van der Waals surface area contributed by atoms with Gasteiger partial charge in [-0.3, -0.25) is 0 Å². The number of nitrogens with zero attached hydrogens (tertiary/aromatic N) is 1. The molecule has 0 aromatic heterocycles. The molecule has 1 aliphatic carbocycles. The van der Waals surface area contributed by atoms with Crippen molar-refractivity contribution in [2.75, 3.05) is 0 Å². The van der Waals surface area contributed by atoms with Crippen LogP contribution < -0.4 is 0 Å². The molecule has 1 fully saturated rings. The van der Waals surface area contributed by atoms with Crippen LogP contribution in [-0.4, -0.2) is 0 Å². The van der Waals surface area contributed by atoms with Crippen molar-refractivity contribution in [3.63, 3.8) is 0 Å². The second-order valence-electron chi connectivity index (χ2n) is 3.27. The van der Waals surface area contributed by atoms with Gasteiger partial charge in [0.2, 0.25) is 0 Å². The minimum atomic E-state index is 0.374. The molecule has 0 unspecified atom stereocenters. The molecule has 0 heterocycles. The molecule has 2 atom stereocenters. The van der Waals surface area contributed by atoms with Gasteiger partial charge in [0, 0.05) is 5.92 Å². The molecule has 10 heavy (non-hydrogen) atoms. The Morgan fingerprint density at radius 1 is 1.50 bits per heavy atom. The normalized spacial score (nSPS) is 33.2. The number of hydrogen-bond acceptors (Lipinski definition) is 1. The summed E-state index contributed by atoms with van der Waals surface area (Å²) in [6.45, 7) is 2.23. The third-order valence-corrected chi connectivity index (χ3v) is 2.54. The molecule has 0 aromatic rings. The van der Waals surface area contributed by atoms with E-state index in [2.05, 4.69) is 13.0 Å². The van der Waals surface area contributed by atoms with Crippen molar-refractivity contribution in [2.45, 2.75) is 39.0 Å². The van der Waals surface area contributed by atoms with E-state index in [-0.39, 0.29) is 0 Å². The summed E-state index contributed by atoms with van der Waals surface area (Å²) in [5.74, 6) is 1.22. The number of rotatable bonds is 1. The van der Waals surface area contributed by atoms with Crippen molar-refractivity contribution in [2.24, 2.45) is 11.8 Å². The van der Waals surface area contributed by atoms with Gasteiger partial charge in [0.15, 0.2) is 0 Å². The average Bonchev–Trinajstić information content (AvgIpc) is 2.05. The summed E-state index contributed by atoms with van der Waals surface area (Å²) >= 11 is 0. The van der Waals surface area contributed by atoms with Gasteiger partial charge in [0.05, 0.1) is 6.07 Å². The zero-order chi connectivity index (χ0) is 7.40. The largest absolute Gasteiger partial charge is 0.198 e. The highest BCUT2D eigenvalue weighted by molar-refractivity contribution is 4.87. The lowest BCUT2D eigenvalue weighted by Crippen LogP contribution is -2.13. The van der Waals surface area contributed by atoms with Crippen molar-refractivity contribution in [1.29, 1.82) is 5.26 Å². The predicted molar refractivity (Wildman–Crippen MR) is 41.4 cm³/mol. The fourth-order valence-electron chi connectivity index (χ4n) is 1.78. The van der Waals surface area contributed by atoms with Crippen LogP contribution in [0.4, 0.5) is 0 Å². The van der Waals surface area contributed by atoms with Gasteiger partial charge < -0.3 is 0 Å². The molecule has 1 heteroatoms. The van der Waals surface area contributed by atoms with E-state index >= 15 is 0 Å². The summed E-state index contributed by atoms with van der Waals surface area (Å²) in [6.07, 6.45) is 6.20. The monoisotopic (exact) mass is 137 g/mol. The Balaban J connectivity index is 2.33. The zero-order valence-corrected chi connectivity index (χ0v) is 6.64. The maximum Gasteiger partial charge on any atom is 0.0655 e. The summed E-state index contributed by atoms with van der Waals surface area (Å²) in [4.78, 5) is 0. The molecule has 1 aliphatic rings. The van der Waals surface area contributed by atoms with Crippen molar-refractivity contribution in [3.05, 3.63) is 0 Å². The molecule has 0 N–H and O–H groups in total. The number of hydrogen-bond donors (Lipinski definition) is 0. The Kier molecular flexibility index (Phi) is 2.74. The van der Waals surface area contributed by atoms with Gasteiger partial charge in [0.25, 0.3) is 0 Å². The van der Waals surface area contributed by atoms with E-state index in [1.54, 1.807) is 0 Å². The number of nitriles is 1. The Hall–Kier alpha value is -0.510. The van der Waals surface area contributed by atoms with E-state index in [1.165, 1.54) is 19.3 Å². The molecule has 0 aliphatic heterocycles. The molecule has 0 aromatic carbocycles. The van der Waals surface area contributed by atoms with E-state index < -0.39 is 0 Å². The molecular formula is C9H15N. The van der Waals surface area contributed by atoms with Crippen molar-refractivity contribution in [1.82, 2.24) is 0 Å². The van der Waals surface area contributed by atoms with Gasteiger partial charge >= 0.3 is 0 Å². The summed E-state index contributed by atoms with van der Waals surface area (Å²) in [6, 6.07) is 2.37. The summed E-state index contributed by atoms with van der Waals surface area (Å²) < 4.78 is 0. The predicted octanol–water partition coefficient (Wildman–Crippen LogP) is 2.73. The van der Waals surface area contributed by atoms with Crippen LogP contribution in [0.5, 0.6) is 0 Å². The summed E-state index contributed by atoms with van der Waals surface area (Å²) in [5, 5.41) is 8.65. The lowest BCUT2D eigenvalue weighted by molar-refractivity contribution is 0.302. The van der Waals surface area contributed by atoms with Crippen molar-refractivity contribution in [3.8, 4) is 6.07 Å². The van der Waals surface area contributed by atoms with E-state index in [0.29, 0.717) is 5.92 Å². The standard InChI is InChI=1S/C9H15N/c1-2-8-4-3-5-9(6-8)7-10/h8-9H,2-6H2,1H3/t8-,9+/m1/s1. The van der Waals surface area contributed by atoms with Gasteiger partial charge in [-0.2, -0.15) is 5.26 Å². The fourth-order valence-corrected chi connectivity index (χ4v) is 1.78. The van der Waals surface area contributed by atoms with Crippen LogP contribution in [0.1, 0.15) is 39.0 Å². The van der Waals surface area contributed by atoms with E-state index in [0.717, 1.165) is 18.8 Å². The molecule has 0 spiro atoms. The van der Waals surface area contributed by atoms with Crippen LogP contribution in [0.15, 0.2) is 0 Å². The van der Waals surface area contributed by atoms with Gasteiger partial charge in [-0.05, 0) is 18.8 Å².